The van der Waals surface area contributed by atoms with Crippen LogP contribution >= 0.6 is 0 Å². The summed E-state index contributed by atoms with van der Waals surface area (Å²) in [6.45, 7) is 1.72. The molecule has 3 nitrogen and oxygen atoms in total. The van der Waals surface area contributed by atoms with E-state index in [2.05, 4.69) is 10.2 Å². The van der Waals surface area contributed by atoms with E-state index in [4.69, 9.17) is 0 Å². The van der Waals surface area contributed by atoms with Gasteiger partial charge in [-0.3, -0.25) is 5.10 Å². The van der Waals surface area contributed by atoms with E-state index in [1.54, 1.807) is 19.2 Å². The van der Waals surface area contributed by atoms with Crippen molar-refractivity contribution < 1.29 is 9.50 Å². The molecular weight excluding hydrogens is 183 g/mol. The number of H-pyrrole nitrogens is 1. The lowest BCUT2D eigenvalue weighted by Crippen LogP contribution is -1.85. The van der Waals surface area contributed by atoms with Crippen molar-refractivity contribution in [2.75, 3.05) is 0 Å². The fourth-order valence-electron chi connectivity index (χ4n) is 1.29. The zero-order valence-electron chi connectivity index (χ0n) is 7.58. The first-order valence-electron chi connectivity index (χ1n) is 4.17. The highest BCUT2D eigenvalue weighted by Crippen LogP contribution is 2.27. The fraction of sp³-hybridized carbons (Fsp3) is 0.100. The zero-order valence-corrected chi connectivity index (χ0v) is 7.58. The van der Waals surface area contributed by atoms with E-state index in [1.165, 1.54) is 6.20 Å². The maximum Gasteiger partial charge on any atom is 0.134 e. The van der Waals surface area contributed by atoms with Gasteiger partial charge < -0.3 is 5.11 Å². The first kappa shape index (κ1) is 8.74. The van der Waals surface area contributed by atoms with E-state index >= 15 is 0 Å². The maximum absolute atomic E-state index is 13.4. The number of aromatic nitrogens is 2. The molecule has 4 heteroatoms. The van der Waals surface area contributed by atoms with E-state index in [9.17, 15) is 9.50 Å². The lowest BCUT2D eigenvalue weighted by atomic mass is 10.1. The Kier molecular flexibility index (Phi) is 1.96. The van der Waals surface area contributed by atoms with Gasteiger partial charge in [-0.1, -0.05) is 0 Å². The molecule has 2 rings (SSSR count). The van der Waals surface area contributed by atoms with Crippen LogP contribution < -0.4 is 0 Å². The molecule has 0 fully saturated rings. The van der Waals surface area contributed by atoms with Gasteiger partial charge in [-0.15, -0.1) is 0 Å². The van der Waals surface area contributed by atoms with Crippen LogP contribution in [0.4, 0.5) is 4.39 Å². The van der Waals surface area contributed by atoms with Crippen LogP contribution in [0.5, 0.6) is 5.75 Å². The number of hydrogen-bond donors (Lipinski definition) is 2. The summed E-state index contributed by atoms with van der Waals surface area (Å²) in [7, 11) is 0. The molecule has 2 aromatic rings. The van der Waals surface area contributed by atoms with Crippen molar-refractivity contribution in [1.29, 1.82) is 0 Å². The molecule has 0 saturated heterocycles. The Hall–Kier alpha value is -1.84. The van der Waals surface area contributed by atoms with Crippen molar-refractivity contribution in [2.45, 2.75) is 6.92 Å². The third-order valence-corrected chi connectivity index (χ3v) is 2.09. The number of aryl methyl sites for hydroxylation is 1. The molecule has 0 amide bonds. The van der Waals surface area contributed by atoms with Gasteiger partial charge in [0.1, 0.15) is 11.6 Å². The number of phenols is 1. The molecule has 1 aromatic carbocycles. The molecule has 1 aromatic heterocycles. The minimum absolute atomic E-state index is 0.0326. The van der Waals surface area contributed by atoms with Gasteiger partial charge in [0.2, 0.25) is 0 Å². The summed E-state index contributed by atoms with van der Waals surface area (Å²) in [4.78, 5) is 0. The van der Waals surface area contributed by atoms with E-state index in [-0.39, 0.29) is 5.75 Å². The SMILES string of the molecule is Cc1cc(-c2cn[nH]c2)c(F)cc1O. The highest BCUT2D eigenvalue weighted by molar-refractivity contribution is 5.64. The van der Waals surface area contributed by atoms with E-state index in [1.807, 2.05) is 0 Å². The van der Waals surface area contributed by atoms with Gasteiger partial charge in [-0.25, -0.2) is 4.39 Å². The molecule has 14 heavy (non-hydrogen) atoms. The van der Waals surface area contributed by atoms with Crippen LogP contribution in [-0.2, 0) is 0 Å². The lowest BCUT2D eigenvalue weighted by Gasteiger charge is -2.03. The first-order valence-corrected chi connectivity index (χ1v) is 4.17. The predicted octanol–water partition coefficient (Wildman–Crippen LogP) is 2.23. The molecular formula is C10H9FN2O. The minimum atomic E-state index is -0.450. The maximum atomic E-state index is 13.4. The standard InChI is InChI=1S/C10H9FN2O/c1-6-2-8(7-4-12-13-5-7)9(11)3-10(6)14/h2-5,14H,1H3,(H,12,13). The van der Waals surface area contributed by atoms with Crippen LogP contribution in [0.2, 0.25) is 0 Å². The summed E-state index contributed by atoms with van der Waals surface area (Å²) in [5.41, 5.74) is 1.75. The van der Waals surface area contributed by atoms with Crippen molar-refractivity contribution in [2.24, 2.45) is 0 Å². The molecule has 72 valence electrons. The number of aromatic amines is 1. The van der Waals surface area contributed by atoms with Gasteiger partial charge in [-0.05, 0) is 18.6 Å². The average Bonchev–Trinajstić information content (AvgIpc) is 2.64. The van der Waals surface area contributed by atoms with Gasteiger partial charge in [0.05, 0.1) is 6.20 Å². The van der Waals surface area contributed by atoms with Crippen molar-refractivity contribution in [1.82, 2.24) is 10.2 Å². The molecule has 1 heterocycles. The molecule has 0 radical (unpaired) electrons. The van der Waals surface area contributed by atoms with Crippen LogP contribution in [-0.4, -0.2) is 15.3 Å². The minimum Gasteiger partial charge on any atom is -0.508 e. The number of phenolic OH excluding ortho intramolecular Hbond substituents is 1. The number of halogens is 1. The highest BCUT2D eigenvalue weighted by Gasteiger charge is 2.08. The number of nitrogens with one attached hydrogen (secondary N) is 1. The Morgan fingerprint density at radius 2 is 2.21 bits per heavy atom. The zero-order chi connectivity index (χ0) is 10.1. The van der Waals surface area contributed by atoms with Gasteiger partial charge in [0.25, 0.3) is 0 Å². The smallest absolute Gasteiger partial charge is 0.134 e. The summed E-state index contributed by atoms with van der Waals surface area (Å²) in [6.07, 6.45) is 3.14. The normalized spacial score (nSPS) is 10.4. The van der Waals surface area contributed by atoms with E-state index in [0.717, 1.165) is 6.07 Å². The van der Waals surface area contributed by atoms with Crippen LogP contribution in [0.15, 0.2) is 24.5 Å². The third kappa shape index (κ3) is 1.35. The van der Waals surface area contributed by atoms with Crippen LogP contribution in [0.1, 0.15) is 5.56 Å². The average molecular weight is 192 g/mol. The number of aromatic hydroxyl groups is 1. The second-order valence-corrected chi connectivity index (χ2v) is 3.11. The van der Waals surface area contributed by atoms with Crippen LogP contribution in [0, 0.1) is 12.7 Å². The summed E-state index contributed by atoms with van der Waals surface area (Å²) < 4.78 is 13.4. The number of rotatable bonds is 1. The Morgan fingerprint density at radius 1 is 1.43 bits per heavy atom. The molecule has 0 unspecified atom stereocenters. The fourth-order valence-corrected chi connectivity index (χ4v) is 1.29. The summed E-state index contributed by atoms with van der Waals surface area (Å²) in [5.74, 6) is -0.482. The van der Waals surface area contributed by atoms with Crippen molar-refractivity contribution >= 4 is 0 Å². The third-order valence-electron chi connectivity index (χ3n) is 2.09. The van der Waals surface area contributed by atoms with Gasteiger partial charge >= 0.3 is 0 Å². The number of benzene rings is 1. The molecule has 0 aliphatic carbocycles. The van der Waals surface area contributed by atoms with Gasteiger partial charge in [0.15, 0.2) is 0 Å². The van der Waals surface area contributed by atoms with Crippen molar-refractivity contribution in [3.63, 3.8) is 0 Å². The van der Waals surface area contributed by atoms with E-state index in [0.29, 0.717) is 16.7 Å². The first-order chi connectivity index (χ1) is 6.68. The molecule has 2 N–H and O–H groups in total. The predicted molar refractivity (Wildman–Crippen MR) is 50.4 cm³/mol. The largest absolute Gasteiger partial charge is 0.508 e. The Labute approximate surface area is 80.2 Å². The Bertz CT molecular complexity index is 451. The van der Waals surface area contributed by atoms with Crippen molar-refractivity contribution in [3.8, 4) is 16.9 Å². The Balaban J connectivity index is 2.60. The summed E-state index contributed by atoms with van der Waals surface area (Å²) in [6, 6.07) is 2.70. The van der Waals surface area contributed by atoms with Crippen LogP contribution in [0.3, 0.4) is 0 Å². The second kappa shape index (κ2) is 3.14. The molecule has 0 saturated carbocycles. The number of nitrogens with zero attached hydrogens (tertiary/aromatic N) is 1. The van der Waals surface area contributed by atoms with Gasteiger partial charge in [-0.2, -0.15) is 5.10 Å². The highest BCUT2D eigenvalue weighted by atomic mass is 19.1. The van der Waals surface area contributed by atoms with Gasteiger partial charge in [0, 0.05) is 23.4 Å². The van der Waals surface area contributed by atoms with E-state index < -0.39 is 5.82 Å². The molecule has 0 aliphatic rings. The molecule has 0 aliphatic heterocycles. The van der Waals surface area contributed by atoms with Crippen molar-refractivity contribution in [3.05, 3.63) is 35.9 Å². The quantitative estimate of drug-likeness (QED) is 0.727. The topological polar surface area (TPSA) is 48.9 Å². The summed E-state index contributed by atoms with van der Waals surface area (Å²) >= 11 is 0. The summed E-state index contributed by atoms with van der Waals surface area (Å²) in [5, 5.41) is 15.6. The van der Waals surface area contributed by atoms with Crippen LogP contribution in [0.25, 0.3) is 11.1 Å². The Morgan fingerprint density at radius 3 is 2.86 bits per heavy atom. The molecule has 0 bridgehead atoms. The monoisotopic (exact) mass is 192 g/mol. The number of hydrogen-bond acceptors (Lipinski definition) is 2. The second-order valence-electron chi connectivity index (χ2n) is 3.11. The lowest BCUT2D eigenvalue weighted by molar-refractivity contribution is 0.465. The molecule has 0 atom stereocenters. The molecule has 0 spiro atoms.